The van der Waals surface area contributed by atoms with Gasteiger partial charge < -0.3 is 10.1 Å². The van der Waals surface area contributed by atoms with Gasteiger partial charge in [-0.2, -0.15) is 0 Å². The first-order valence-electron chi connectivity index (χ1n) is 6.33. The molecule has 1 aromatic rings. The largest absolute Gasteiger partial charge is 0.444 e. The van der Waals surface area contributed by atoms with Crippen molar-refractivity contribution in [1.82, 2.24) is 5.32 Å². The van der Waals surface area contributed by atoms with E-state index in [0.29, 0.717) is 5.56 Å². The number of alkyl carbamates (subject to hydrolysis) is 1. The van der Waals surface area contributed by atoms with Gasteiger partial charge in [0.1, 0.15) is 11.9 Å². The van der Waals surface area contributed by atoms with Crippen LogP contribution in [0.1, 0.15) is 42.3 Å². The summed E-state index contributed by atoms with van der Waals surface area (Å²) in [5, 5.41) is 2.56. The Kier molecular flexibility index (Phi) is 5.33. The van der Waals surface area contributed by atoms with Crippen LogP contribution in [0.5, 0.6) is 0 Å². The number of nitrogens with one attached hydrogen (secondary N) is 1. The van der Waals surface area contributed by atoms with E-state index in [0.717, 1.165) is 17.4 Å². The monoisotopic (exact) mass is 273 g/mol. The third-order valence-corrected chi connectivity index (χ3v) is 2.33. The fraction of sp³-hybridized carbons (Fsp3) is 0.375. The van der Waals surface area contributed by atoms with Crippen LogP contribution in [0, 0.1) is 18.8 Å². The number of amides is 1. The highest BCUT2D eigenvalue weighted by molar-refractivity contribution is 5.75. The minimum atomic E-state index is -0.515. The van der Waals surface area contributed by atoms with Crippen molar-refractivity contribution in [2.75, 3.05) is 6.54 Å². The van der Waals surface area contributed by atoms with E-state index in [1.807, 2.05) is 6.92 Å². The Labute approximate surface area is 119 Å². The lowest BCUT2D eigenvalue weighted by Crippen LogP contribution is -2.32. The zero-order valence-corrected chi connectivity index (χ0v) is 12.2. The van der Waals surface area contributed by atoms with E-state index in [9.17, 15) is 9.59 Å². The molecular formula is C16H19NO3. The summed E-state index contributed by atoms with van der Waals surface area (Å²) in [6.45, 7) is 7.50. The number of carbonyl (C=O) groups excluding carboxylic acids is 2. The summed E-state index contributed by atoms with van der Waals surface area (Å²) >= 11 is 0. The summed E-state index contributed by atoms with van der Waals surface area (Å²) in [6, 6.07) is 5.28. The van der Waals surface area contributed by atoms with Crippen molar-refractivity contribution >= 4 is 12.4 Å². The Balaban J connectivity index is 2.55. The molecule has 20 heavy (non-hydrogen) atoms. The number of benzene rings is 1. The molecule has 0 saturated heterocycles. The molecule has 1 N–H and O–H groups in total. The maximum atomic E-state index is 11.4. The molecule has 0 saturated carbocycles. The average molecular weight is 273 g/mol. The van der Waals surface area contributed by atoms with Gasteiger partial charge in [0.25, 0.3) is 0 Å². The Morgan fingerprint density at radius 1 is 1.40 bits per heavy atom. The summed E-state index contributed by atoms with van der Waals surface area (Å²) in [4.78, 5) is 22.0. The molecule has 0 aliphatic heterocycles. The predicted octanol–water partition coefficient (Wildman–Crippen LogP) is 2.68. The molecule has 0 spiro atoms. The molecule has 1 aromatic carbocycles. The molecule has 0 aliphatic rings. The zero-order valence-electron chi connectivity index (χ0n) is 12.2. The van der Waals surface area contributed by atoms with Crippen LogP contribution in [0.2, 0.25) is 0 Å². The SMILES string of the molecule is Cc1cc(C=O)ccc1C#CCNC(=O)OC(C)(C)C. The van der Waals surface area contributed by atoms with Crippen LogP contribution in [0.25, 0.3) is 0 Å². The fourth-order valence-corrected chi connectivity index (χ4v) is 1.47. The molecule has 0 fully saturated rings. The quantitative estimate of drug-likeness (QED) is 0.666. The Hall–Kier alpha value is -2.28. The Bertz CT molecular complexity index is 559. The standard InChI is InChI=1S/C16H19NO3/c1-12-10-13(11-18)7-8-14(12)6-5-9-17-15(19)20-16(2,3)4/h7-8,10-11H,9H2,1-4H3,(H,17,19). The van der Waals surface area contributed by atoms with Gasteiger partial charge in [-0.1, -0.05) is 17.9 Å². The van der Waals surface area contributed by atoms with Crippen molar-refractivity contribution in [1.29, 1.82) is 0 Å². The van der Waals surface area contributed by atoms with Crippen LogP contribution in [0.4, 0.5) is 4.79 Å². The van der Waals surface area contributed by atoms with Crippen LogP contribution in [0.15, 0.2) is 18.2 Å². The third-order valence-electron chi connectivity index (χ3n) is 2.33. The number of ether oxygens (including phenoxy) is 1. The van der Waals surface area contributed by atoms with E-state index in [2.05, 4.69) is 17.2 Å². The Morgan fingerprint density at radius 2 is 2.10 bits per heavy atom. The first-order chi connectivity index (χ1) is 9.31. The number of hydrogen-bond donors (Lipinski definition) is 1. The van der Waals surface area contributed by atoms with Crippen LogP contribution in [0.3, 0.4) is 0 Å². The number of aldehydes is 1. The number of hydrogen-bond acceptors (Lipinski definition) is 3. The summed E-state index contributed by atoms with van der Waals surface area (Å²) in [5.74, 6) is 5.79. The predicted molar refractivity (Wildman–Crippen MR) is 77.7 cm³/mol. The van der Waals surface area contributed by atoms with Gasteiger partial charge in [0.2, 0.25) is 0 Å². The molecule has 4 heteroatoms. The van der Waals surface area contributed by atoms with E-state index in [1.165, 1.54) is 0 Å². The highest BCUT2D eigenvalue weighted by Crippen LogP contribution is 2.08. The molecule has 0 aliphatic carbocycles. The van der Waals surface area contributed by atoms with Crippen molar-refractivity contribution < 1.29 is 14.3 Å². The lowest BCUT2D eigenvalue weighted by molar-refractivity contribution is 0.0535. The fourth-order valence-electron chi connectivity index (χ4n) is 1.47. The second-order valence-corrected chi connectivity index (χ2v) is 5.35. The summed E-state index contributed by atoms with van der Waals surface area (Å²) < 4.78 is 5.09. The van der Waals surface area contributed by atoms with Crippen molar-refractivity contribution in [2.24, 2.45) is 0 Å². The van der Waals surface area contributed by atoms with Gasteiger partial charge in [-0.15, -0.1) is 0 Å². The van der Waals surface area contributed by atoms with Gasteiger partial charge in [0.05, 0.1) is 6.54 Å². The second kappa shape index (κ2) is 6.76. The molecule has 106 valence electrons. The van der Waals surface area contributed by atoms with Gasteiger partial charge in [0.15, 0.2) is 0 Å². The average Bonchev–Trinajstić information content (AvgIpc) is 2.33. The van der Waals surface area contributed by atoms with Gasteiger partial charge >= 0.3 is 6.09 Å². The van der Waals surface area contributed by atoms with Crippen molar-refractivity contribution in [3.05, 3.63) is 34.9 Å². The minimum Gasteiger partial charge on any atom is -0.444 e. The highest BCUT2D eigenvalue weighted by atomic mass is 16.6. The Morgan fingerprint density at radius 3 is 2.65 bits per heavy atom. The van der Waals surface area contributed by atoms with Crippen LogP contribution < -0.4 is 5.32 Å². The summed E-state index contributed by atoms with van der Waals surface area (Å²) in [5.41, 5.74) is 1.87. The van der Waals surface area contributed by atoms with E-state index in [1.54, 1.807) is 39.0 Å². The van der Waals surface area contributed by atoms with Crippen LogP contribution >= 0.6 is 0 Å². The van der Waals surface area contributed by atoms with Gasteiger partial charge in [-0.05, 0) is 45.4 Å². The lowest BCUT2D eigenvalue weighted by atomic mass is 10.1. The highest BCUT2D eigenvalue weighted by Gasteiger charge is 2.14. The van der Waals surface area contributed by atoms with E-state index < -0.39 is 11.7 Å². The number of carbonyl (C=O) groups is 2. The molecule has 0 radical (unpaired) electrons. The molecule has 0 atom stereocenters. The van der Waals surface area contributed by atoms with Crippen molar-refractivity contribution in [3.8, 4) is 11.8 Å². The van der Waals surface area contributed by atoms with E-state index >= 15 is 0 Å². The summed E-state index contributed by atoms with van der Waals surface area (Å²) in [6.07, 6.45) is 0.314. The van der Waals surface area contributed by atoms with Crippen LogP contribution in [-0.4, -0.2) is 24.5 Å². The topological polar surface area (TPSA) is 55.4 Å². The first kappa shape index (κ1) is 15.8. The smallest absolute Gasteiger partial charge is 0.408 e. The van der Waals surface area contributed by atoms with E-state index in [4.69, 9.17) is 4.74 Å². The van der Waals surface area contributed by atoms with Crippen molar-refractivity contribution in [2.45, 2.75) is 33.3 Å². The maximum absolute atomic E-state index is 11.4. The molecule has 4 nitrogen and oxygen atoms in total. The molecule has 0 unspecified atom stereocenters. The summed E-state index contributed by atoms with van der Waals surface area (Å²) in [7, 11) is 0. The van der Waals surface area contributed by atoms with Gasteiger partial charge in [-0.25, -0.2) is 4.79 Å². The molecule has 0 aromatic heterocycles. The lowest BCUT2D eigenvalue weighted by Gasteiger charge is -2.19. The molecule has 1 amide bonds. The zero-order chi connectivity index (χ0) is 15.2. The molecule has 0 heterocycles. The normalized spacial score (nSPS) is 10.2. The molecule has 0 bridgehead atoms. The van der Waals surface area contributed by atoms with Gasteiger partial charge in [0, 0.05) is 11.1 Å². The van der Waals surface area contributed by atoms with Crippen LogP contribution in [-0.2, 0) is 4.74 Å². The van der Waals surface area contributed by atoms with Gasteiger partial charge in [-0.3, -0.25) is 4.79 Å². The second-order valence-electron chi connectivity index (χ2n) is 5.35. The molecular weight excluding hydrogens is 254 g/mol. The minimum absolute atomic E-state index is 0.212. The number of aryl methyl sites for hydroxylation is 1. The molecule has 1 rings (SSSR count). The maximum Gasteiger partial charge on any atom is 0.408 e. The third kappa shape index (κ3) is 5.57. The van der Waals surface area contributed by atoms with Crippen molar-refractivity contribution in [3.63, 3.8) is 0 Å². The number of rotatable bonds is 2. The first-order valence-corrected chi connectivity index (χ1v) is 6.33. The van der Waals surface area contributed by atoms with E-state index in [-0.39, 0.29) is 6.54 Å².